The summed E-state index contributed by atoms with van der Waals surface area (Å²) in [6, 6.07) is 5.76. The first-order chi connectivity index (χ1) is 10.9. The summed E-state index contributed by atoms with van der Waals surface area (Å²) in [4.78, 5) is 31.6. The summed E-state index contributed by atoms with van der Waals surface area (Å²) in [6.07, 6.45) is 3.63. The van der Waals surface area contributed by atoms with Crippen molar-refractivity contribution in [3.8, 4) is 10.4 Å². The van der Waals surface area contributed by atoms with Crippen molar-refractivity contribution in [2.75, 3.05) is 19.4 Å². The standard InChI is InChI=1S/C16H18N4O2S/c1-16(9-13(21)20(2)3)18-11-8-12(10-4-6-17-7-5-10)23-14(11)15(22)19-16/h4-8,18H,9H2,1-3H3,(H,19,22). The van der Waals surface area contributed by atoms with Gasteiger partial charge in [-0.25, -0.2) is 0 Å². The second-order valence-electron chi connectivity index (χ2n) is 5.97. The molecule has 1 unspecified atom stereocenters. The number of nitrogens with one attached hydrogen (secondary N) is 2. The number of hydrogen-bond acceptors (Lipinski definition) is 5. The fraction of sp³-hybridized carbons (Fsp3) is 0.312. The molecule has 0 aromatic carbocycles. The van der Waals surface area contributed by atoms with E-state index >= 15 is 0 Å². The van der Waals surface area contributed by atoms with Gasteiger partial charge in [-0.15, -0.1) is 11.3 Å². The van der Waals surface area contributed by atoms with E-state index in [0.29, 0.717) is 4.88 Å². The molecule has 6 nitrogen and oxygen atoms in total. The van der Waals surface area contributed by atoms with Crippen LogP contribution in [0.15, 0.2) is 30.6 Å². The van der Waals surface area contributed by atoms with Gasteiger partial charge in [0, 0.05) is 31.4 Å². The first-order valence-corrected chi connectivity index (χ1v) is 8.05. The second-order valence-corrected chi connectivity index (χ2v) is 7.02. The summed E-state index contributed by atoms with van der Waals surface area (Å²) in [5, 5.41) is 6.20. The van der Waals surface area contributed by atoms with E-state index in [1.807, 2.05) is 25.1 Å². The lowest BCUT2D eigenvalue weighted by atomic mass is 10.0. The number of amides is 2. The Morgan fingerprint density at radius 3 is 2.65 bits per heavy atom. The molecule has 23 heavy (non-hydrogen) atoms. The largest absolute Gasteiger partial charge is 0.361 e. The van der Waals surface area contributed by atoms with Crippen molar-refractivity contribution in [3.63, 3.8) is 0 Å². The van der Waals surface area contributed by atoms with Crippen LogP contribution in [0.1, 0.15) is 23.0 Å². The molecule has 1 atom stereocenters. The van der Waals surface area contributed by atoms with E-state index in [0.717, 1.165) is 16.1 Å². The lowest BCUT2D eigenvalue weighted by molar-refractivity contribution is -0.129. The average molecular weight is 330 g/mol. The van der Waals surface area contributed by atoms with Crippen molar-refractivity contribution in [1.29, 1.82) is 0 Å². The highest BCUT2D eigenvalue weighted by Crippen LogP contribution is 2.38. The zero-order valence-electron chi connectivity index (χ0n) is 13.2. The summed E-state index contributed by atoms with van der Waals surface area (Å²) < 4.78 is 0. The van der Waals surface area contributed by atoms with Gasteiger partial charge >= 0.3 is 0 Å². The molecular weight excluding hydrogens is 312 g/mol. The lowest BCUT2D eigenvalue weighted by Gasteiger charge is -2.36. The predicted molar refractivity (Wildman–Crippen MR) is 90.4 cm³/mol. The number of pyridine rings is 1. The maximum Gasteiger partial charge on any atom is 0.265 e. The number of aromatic nitrogens is 1. The van der Waals surface area contributed by atoms with Gasteiger partial charge in [-0.05, 0) is 30.7 Å². The summed E-state index contributed by atoms with van der Waals surface area (Å²) in [5.74, 6) is -0.202. The van der Waals surface area contributed by atoms with E-state index < -0.39 is 5.66 Å². The summed E-state index contributed by atoms with van der Waals surface area (Å²) in [6.45, 7) is 1.82. The summed E-state index contributed by atoms with van der Waals surface area (Å²) in [5.41, 5.74) is 0.988. The minimum absolute atomic E-state index is 0.0478. The zero-order valence-corrected chi connectivity index (χ0v) is 14.0. The van der Waals surface area contributed by atoms with Gasteiger partial charge in [-0.3, -0.25) is 14.6 Å². The van der Waals surface area contributed by atoms with Gasteiger partial charge in [-0.1, -0.05) is 0 Å². The molecule has 0 bridgehead atoms. The van der Waals surface area contributed by atoms with Crippen molar-refractivity contribution in [3.05, 3.63) is 35.5 Å². The molecule has 2 aromatic heterocycles. The van der Waals surface area contributed by atoms with Crippen molar-refractivity contribution < 1.29 is 9.59 Å². The molecule has 0 saturated heterocycles. The Balaban J connectivity index is 1.90. The number of nitrogens with zero attached hydrogens (tertiary/aromatic N) is 2. The van der Waals surface area contributed by atoms with Gasteiger partial charge in [0.2, 0.25) is 5.91 Å². The minimum atomic E-state index is -0.790. The second kappa shape index (κ2) is 5.66. The number of thiophene rings is 1. The molecule has 1 aliphatic heterocycles. The highest BCUT2D eigenvalue weighted by molar-refractivity contribution is 7.18. The van der Waals surface area contributed by atoms with E-state index in [2.05, 4.69) is 15.6 Å². The molecule has 120 valence electrons. The Labute approximate surface area is 138 Å². The van der Waals surface area contributed by atoms with Crippen molar-refractivity contribution in [2.24, 2.45) is 0 Å². The quantitative estimate of drug-likeness (QED) is 0.904. The Hall–Kier alpha value is -2.41. The smallest absolute Gasteiger partial charge is 0.265 e. The first-order valence-electron chi connectivity index (χ1n) is 7.23. The Kier molecular flexibility index (Phi) is 3.81. The molecule has 0 fully saturated rings. The highest BCUT2D eigenvalue weighted by atomic mass is 32.1. The Bertz CT molecular complexity index is 757. The first kappa shape index (κ1) is 15.5. The van der Waals surface area contributed by atoms with Crippen LogP contribution in [-0.2, 0) is 4.79 Å². The highest BCUT2D eigenvalue weighted by Gasteiger charge is 2.37. The third kappa shape index (κ3) is 3.05. The van der Waals surface area contributed by atoms with E-state index in [9.17, 15) is 9.59 Å². The molecule has 2 aromatic rings. The van der Waals surface area contributed by atoms with Crippen LogP contribution < -0.4 is 10.6 Å². The number of carbonyl (C=O) groups is 2. The van der Waals surface area contributed by atoms with Gasteiger partial charge in [0.1, 0.15) is 10.5 Å². The lowest BCUT2D eigenvalue weighted by Crippen LogP contribution is -2.57. The van der Waals surface area contributed by atoms with Crippen LogP contribution in [0.4, 0.5) is 5.69 Å². The topological polar surface area (TPSA) is 74.3 Å². The SMILES string of the molecule is CN(C)C(=O)CC1(C)NC(=O)c2sc(-c3ccncc3)cc2N1. The number of carbonyl (C=O) groups excluding carboxylic acids is 2. The molecule has 2 amide bonds. The zero-order chi connectivity index (χ0) is 16.6. The van der Waals surface area contributed by atoms with E-state index in [1.54, 1.807) is 26.5 Å². The van der Waals surface area contributed by atoms with Crippen molar-refractivity contribution in [1.82, 2.24) is 15.2 Å². The van der Waals surface area contributed by atoms with E-state index in [1.165, 1.54) is 16.2 Å². The number of rotatable bonds is 3. The molecule has 3 rings (SSSR count). The molecular formula is C16H18N4O2S. The van der Waals surface area contributed by atoms with Crippen LogP contribution >= 0.6 is 11.3 Å². The maximum absolute atomic E-state index is 12.4. The fourth-order valence-corrected chi connectivity index (χ4v) is 3.51. The Morgan fingerprint density at radius 1 is 1.30 bits per heavy atom. The van der Waals surface area contributed by atoms with Crippen molar-refractivity contribution in [2.45, 2.75) is 19.0 Å². The van der Waals surface area contributed by atoms with Gasteiger partial charge < -0.3 is 15.5 Å². The summed E-state index contributed by atoms with van der Waals surface area (Å²) >= 11 is 1.42. The third-order valence-electron chi connectivity index (χ3n) is 3.71. The average Bonchev–Trinajstić information content (AvgIpc) is 2.91. The van der Waals surface area contributed by atoms with Crippen LogP contribution in [-0.4, -0.2) is 41.5 Å². The van der Waals surface area contributed by atoms with Gasteiger partial charge in [0.15, 0.2) is 0 Å². The Morgan fingerprint density at radius 2 is 2.00 bits per heavy atom. The van der Waals surface area contributed by atoms with Crippen LogP contribution in [0.5, 0.6) is 0 Å². The predicted octanol–water partition coefficient (Wildman–Crippen LogP) is 2.16. The van der Waals surface area contributed by atoms with Gasteiger partial charge in [-0.2, -0.15) is 0 Å². The molecule has 0 aliphatic carbocycles. The molecule has 7 heteroatoms. The number of fused-ring (bicyclic) bond motifs is 1. The van der Waals surface area contributed by atoms with Crippen LogP contribution in [0.2, 0.25) is 0 Å². The molecule has 0 saturated carbocycles. The minimum Gasteiger partial charge on any atom is -0.361 e. The third-order valence-corrected chi connectivity index (χ3v) is 4.89. The van der Waals surface area contributed by atoms with E-state index in [-0.39, 0.29) is 18.2 Å². The molecule has 1 aliphatic rings. The molecule has 0 spiro atoms. The normalized spacial score (nSPS) is 19.5. The molecule has 3 heterocycles. The van der Waals surface area contributed by atoms with Crippen LogP contribution in [0.25, 0.3) is 10.4 Å². The van der Waals surface area contributed by atoms with Gasteiger partial charge in [0.25, 0.3) is 5.91 Å². The number of anilines is 1. The maximum atomic E-state index is 12.4. The van der Waals surface area contributed by atoms with Gasteiger partial charge in [0.05, 0.1) is 12.1 Å². The van der Waals surface area contributed by atoms with Crippen LogP contribution in [0, 0.1) is 0 Å². The van der Waals surface area contributed by atoms with Crippen molar-refractivity contribution >= 4 is 28.8 Å². The van der Waals surface area contributed by atoms with E-state index in [4.69, 9.17) is 0 Å². The fourth-order valence-electron chi connectivity index (χ4n) is 2.50. The summed E-state index contributed by atoms with van der Waals surface area (Å²) in [7, 11) is 3.40. The molecule has 2 N–H and O–H groups in total. The van der Waals surface area contributed by atoms with Crippen LogP contribution in [0.3, 0.4) is 0 Å². The number of hydrogen-bond donors (Lipinski definition) is 2. The molecule has 0 radical (unpaired) electrons. The monoisotopic (exact) mass is 330 g/mol.